The molecule has 0 saturated heterocycles. The highest BCUT2D eigenvalue weighted by molar-refractivity contribution is 5.47. The normalized spacial score (nSPS) is 12.1. The van der Waals surface area contributed by atoms with Gasteiger partial charge in [0.15, 0.2) is 0 Å². The highest BCUT2D eigenvalue weighted by Crippen LogP contribution is 2.20. The van der Waals surface area contributed by atoms with Gasteiger partial charge < -0.3 is 10.4 Å². The molecule has 0 aliphatic rings. The van der Waals surface area contributed by atoms with Gasteiger partial charge in [0.05, 0.1) is 0 Å². The first-order valence-corrected chi connectivity index (χ1v) is 5.17. The number of carbonyl (C=O) groups is 1. The van der Waals surface area contributed by atoms with Gasteiger partial charge in [0.25, 0.3) is 0 Å². The van der Waals surface area contributed by atoms with Crippen LogP contribution in [0.1, 0.15) is 25.0 Å². The van der Waals surface area contributed by atoms with E-state index < -0.39 is 0 Å². The van der Waals surface area contributed by atoms with Crippen molar-refractivity contribution in [2.45, 2.75) is 32.7 Å². The Balaban J connectivity index is 2.78. The largest absolute Gasteiger partial charge is 0.508 e. The van der Waals surface area contributed by atoms with Gasteiger partial charge in [0, 0.05) is 6.04 Å². The number of hydrogen-bond acceptors (Lipinski definition) is 2. The minimum Gasteiger partial charge on any atom is -0.508 e. The lowest BCUT2D eigenvalue weighted by Gasteiger charge is -2.12. The molecule has 3 nitrogen and oxygen atoms in total. The van der Waals surface area contributed by atoms with Crippen molar-refractivity contribution in [2.75, 3.05) is 0 Å². The van der Waals surface area contributed by atoms with Crippen LogP contribution in [0.15, 0.2) is 18.2 Å². The third kappa shape index (κ3) is 3.27. The van der Waals surface area contributed by atoms with Gasteiger partial charge in [-0.2, -0.15) is 0 Å². The summed E-state index contributed by atoms with van der Waals surface area (Å²) in [7, 11) is 0. The van der Waals surface area contributed by atoms with E-state index in [4.69, 9.17) is 0 Å². The summed E-state index contributed by atoms with van der Waals surface area (Å²) in [4.78, 5) is 10.2. The van der Waals surface area contributed by atoms with Gasteiger partial charge >= 0.3 is 0 Å². The van der Waals surface area contributed by atoms with Gasteiger partial charge in [-0.1, -0.05) is 19.1 Å². The van der Waals surface area contributed by atoms with Crippen LogP contribution in [0.2, 0.25) is 0 Å². The molecule has 0 aromatic heterocycles. The summed E-state index contributed by atoms with van der Waals surface area (Å²) in [6.45, 7) is 3.98. The average Bonchev–Trinajstić information content (AvgIpc) is 2.21. The molecule has 0 fully saturated rings. The number of hydrogen-bond donors (Lipinski definition) is 2. The predicted octanol–water partition coefficient (Wildman–Crippen LogP) is 1.63. The Kier molecular flexibility index (Phi) is 4.16. The number of rotatable bonds is 5. The van der Waals surface area contributed by atoms with E-state index in [2.05, 4.69) is 12.2 Å². The van der Waals surface area contributed by atoms with Crippen molar-refractivity contribution in [1.82, 2.24) is 5.32 Å². The van der Waals surface area contributed by atoms with Gasteiger partial charge in [0.2, 0.25) is 6.41 Å². The Morgan fingerprint density at radius 3 is 2.87 bits per heavy atom. The van der Waals surface area contributed by atoms with Gasteiger partial charge in [-0.05, 0) is 37.0 Å². The first-order valence-electron chi connectivity index (χ1n) is 5.17. The van der Waals surface area contributed by atoms with E-state index in [0.717, 1.165) is 12.0 Å². The fraction of sp³-hybridized carbons (Fsp3) is 0.417. The average molecular weight is 207 g/mol. The number of aryl methyl sites for hydroxylation is 1. The Morgan fingerprint density at radius 1 is 1.53 bits per heavy atom. The molecule has 1 aromatic carbocycles. The lowest BCUT2D eigenvalue weighted by Crippen LogP contribution is -2.26. The second-order valence-electron chi connectivity index (χ2n) is 3.71. The number of nitrogens with one attached hydrogen (secondary N) is 1. The fourth-order valence-electron chi connectivity index (χ4n) is 1.53. The van der Waals surface area contributed by atoms with E-state index in [1.807, 2.05) is 19.1 Å². The maximum absolute atomic E-state index is 10.2. The molecule has 0 radical (unpaired) electrons. The summed E-state index contributed by atoms with van der Waals surface area (Å²) in [6, 6.07) is 5.65. The van der Waals surface area contributed by atoms with Crippen LogP contribution in [0.3, 0.4) is 0 Å². The summed E-state index contributed by atoms with van der Waals surface area (Å²) in [5.74, 6) is 0.298. The molecule has 2 N–H and O–H groups in total. The minimum atomic E-state index is 0.0421. The first kappa shape index (κ1) is 11.6. The standard InChI is InChI=1S/C12H17NO2/c1-3-10-4-5-12(15)11(7-10)6-9(2)13-8-14/h4-5,7-9,15H,3,6H2,1-2H3,(H,13,14). The number of aromatic hydroxyl groups is 1. The lowest BCUT2D eigenvalue weighted by molar-refractivity contribution is -0.110. The zero-order chi connectivity index (χ0) is 11.3. The van der Waals surface area contributed by atoms with Crippen molar-refractivity contribution in [3.05, 3.63) is 29.3 Å². The second kappa shape index (κ2) is 5.39. The highest BCUT2D eigenvalue weighted by atomic mass is 16.3. The molecular formula is C12H17NO2. The second-order valence-corrected chi connectivity index (χ2v) is 3.71. The summed E-state index contributed by atoms with van der Waals surface area (Å²) < 4.78 is 0. The van der Waals surface area contributed by atoms with Crippen molar-refractivity contribution >= 4 is 6.41 Å². The van der Waals surface area contributed by atoms with Crippen LogP contribution < -0.4 is 5.32 Å². The van der Waals surface area contributed by atoms with Crippen molar-refractivity contribution in [2.24, 2.45) is 0 Å². The van der Waals surface area contributed by atoms with Crippen LogP contribution in [0.4, 0.5) is 0 Å². The van der Waals surface area contributed by atoms with Gasteiger partial charge in [-0.3, -0.25) is 4.79 Å². The third-order valence-corrected chi connectivity index (χ3v) is 2.43. The van der Waals surface area contributed by atoms with Gasteiger partial charge in [0.1, 0.15) is 5.75 Å². The van der Waals surface area contributed by atoms with E-state index in [1.54, 1.807) is 6.07 Å². The topological polar surface area (TPSA) is 49.3 Å². The molecule has 1 aromatic rings. The van der Waals surface area contributed by atoms with E-state index in [9.17, 15) is 9.90 Å². The zero-order valence-corrected chi connectivity index (χ0v) is 9.16. The summed E-state index contributed by atoms with van der Waals surface area (Å²) in [6.07, 6.45) is 2.28. The summed E-state index contributed by atoms with van der Waals surface area (Å²) in [5, 5.41) is 12.3. The van der Waals surface area contributed by atoms with Crippen LogP contribution in [0.5, 0.6) is 5.75 Å². The van der Waals surface area contributed by atoms with Gasteiger partial charge in [-0.25, -0.2) is 0 Å². The summed E-state index contributed by atoms with van der Waals surface area (Å²) in [5.41, 5.74) is 2.08. The maximum atomic E-state index is 10.2. The Bertz CT molecular complexity index is 336. The molecule has 1 rings (SSSR count). The Labute approximate surface area is 90.1 Å². The highest BCUT2D eigenvalue weighted by Gasteiger charge is 2.06. The fourth-order valence-corrected chi connectivity index (χ4v) is 1.53. The maximum Gasteiger partial charge on any atom is 0.207 e. The molecule has 1 amide bonds. The van der Waals surface area contributed by atoms with Crippen LogP contribution in [-0.2, 0) is 17.6 Å². The third-order valence-electron chi connectivity index (χ3n) is 2.43. The molecule has 3 heteroatoms. The molecule has 1 atom stereocenters. The lowest BCUT2D eigenvalue weighted by atomic mass is 10.0. The van der Waals surface area contributed by atoms with Crippen molar-refractivity contribution < 1.29 is 9.90 Å². The molecule has 0 saturated carbocycles. The van der Waals surface area contributed by atoms with Crippen LogP contribution in [-0.4, -0.2) is 17.6 Å². The molecule has 0 aliphatic heterocycles. The number of benzene rings is 1. The molecule has 0 spiro atoms. The first-order chi connectivity index (χ1) is 7.17. The molecule has 0 bridgehead atoms. The number of phenols is 1. The van der Waals surface area contributed by atoms with Crippen molar-refractivity contribution in [1.29, 1.82) is 0 Å². The van der Waals surface area contributed by atoms with Crippen LogP contribution in [0.25, 0.3) is 0 Å². The molecular weight excluding hydrogens is 190 g/mol. The van der Waals surface area contributed by atoms with Crippen LogP contribution >= 0.6 is 0 Å². The number of amides is 1. The van der Waals surface area contributed by atoms with E-state index >= 15 is 0 Å². The minimum absolute atomic E-state index is 0.0421. The van der Waals surface area contributed by atoms with E-state index in [-0.39, 0.29) is 6.04 Å². The number of phenolic OH excluding ortho intramolecular Hbond substituents is 1. The molecule has 15 heavy (non-hydrogen) atoms. The predicted molar refractivity (Wildman–Crippen MR) is 59.9 cm³/mol. The smallest absolute Gasteiger partial charge is 0.207 e. The quantitative estimate of drug-likeness (QED) is 0.721. The monoisotopic (exact) mass is 207 g/mol. The Hall–Kier alpha value is -1.51. The van der Waals surface area contributed by atoms with Crippen molar-refractivity contribution in [3.63, 3.8) is 0 Å². The summed E-state index contributed by atoms with van der Waals surface area (Å²) >= 11 is 0. The van der Waals surface area contributed by atoms with Crippen LogP contribution in [0, 0.1) is 0 Å². The zero-order valence-electron chi connectivity index (χ0n) is 9.16. The van der Waals surface area contributed by atoms with Crippen molar-refractivity contribution in [3.8, 4) is 5.75 Å². The number of carbonyl (C=O) groups excluding carboxylic acids is 1. The van der Waals surface area contributed by atoms with Gasteiger partial charge in [-0.15, -0.1) is 0 Å². The molecule has 0 aliphatic carbocycles. The molecule has 1 unspecified atom stereocenters. The molecule has 82 valence electrons. The van der Waals surface area contributed by atoms with E-state index in [0.29, 0.717) is 18.6 Å². The molecule has 0 heterocycles. The van der Waals surface area contributed by atoms with E-state index in [1.165, 1.54) is 5.56 Å². The SMILES string of the molecule is CCc1ccc(O)c(CC(C)NC=O)c1. The Morgan fingerprint density at radius 2 is 2.27 bits per heavy atom.